The number of thiophene rings is 1. The Hall–Kier alpha value is -3.78. The summed E-state index contributed by atoms with van der Waals surface area (Å²) >= 11 is 1.52. The van der Waals surface area contributed by atoms with Crippen LogP contribution in [0.2, 0.25) is 0 Å². The average Bonchev–Trinajstić information content (AvgIpc) is 3.46. The zero-order chi connectivity index (χ0) is 22.5. The second-order valence-electron chi connectivity index (χ2n) is 7.47. The van der Waals surface area contributed by atoms with Crippen molar-refractivity contribution in [2.75, 3.05) is 0 Å². The molecule has 2 aromatic carbocycles. The Morgan fingerprint density at radius 3 is 2.66 bits per heavy atom. The molecule has 0 aliphatic carbocycles. The summed E-state index contributed by atoms with van der Waals surface area (Å²) in [6.45, 7) is 1.99. The molecule has 0 saturated carbocycles. The van der Waals surface area contributed by atoms with Crippen LogP contribution in [0.3, 0.4) is 0 Å². The third-order valence-corrected chi connectivity index (χ3v) is 5.84. The van der Waals surface area contributed by atoms with Crippen molar-refractivity contribution in [3.8, 4) is 10.8 Å². The second-order valence-corrected chi connectivity index (χ2v) is 8.42. The maximum atomic E-state index is 12.8. The van der Waals surface area contributed by atoms with Crippen molar-refractivity contribution in [2.24, 2.45) is 0 Å². The lowest BCUT2D eigenvalue weighted by atomic mass is 10.0. The molecule has 162 valence electrons. The molecule has 0 saturated heterocycles. The van der Waals surface area contributed by atoms with E-state index >= 15 is 0 Å². The Morgan fingerprint density at radius 1 is 1.16 bits per heavy atom. The normalized spacial score (nSPS) is 11.8. The first-order chi connectivity index (χ1) is 15.5. The van der Waals surface area contributed by atoms with Gasteiger partial charge in [0.25, 0.3) is 5.69 Å². The largest absolute Gasteiger partial charge is 0.443 e. The van der Waals surface area contributed by atoms with Crippen LogP contribution in [0, 0.1) is 17.0 Å². The Labute approximate surface area is 188 Å². The molecule has 0 radical (unpaired) electrons. The Kier molecular flexibility index (Phi) is 6.42. The fourth-order valence-electron chi connectivity index (χ4n) is 3.43. The molecule has 1 atom stereocenters. The summed E-state index contributed by atoms with van der Waals surface area (Å²) in [5, 5.41) is 15.9. The first-order valence-corrected chi connectivity index (χ1v) is 10.9. The number of aryl methyl sites for hydroxylation is 1. The summed E-state index contributed by atoms with van der Waals surface area (Å²) in [6, 6.07) is 17.5. The quantitative estimate of drug-likeness (QED) is 0.293. The summed E-state index contributed by atoms with van der Waals surface area (Å²) in [5.41, 5.74) is 3.49. The van der Waals surface area contributed by atoms with Gasteiger partial charge in [-0.05, 0) is 35.9 Å². The van der Waals surface area contributed by atoms with Gasteiger partial charge in [-0.25, -0.2) is 4.98 Å². The molecular formula is C24H21N3O4S. The van der Waals surface area contributed by atoms with E-state index in [9.17, 15) is 14.9 Å². The van der Waals surface area contributed by atoms with E-state index in [1.54, 1.807) is 18.4 Å². The lowest BCUT2D eigenvalue weighted by molar-refractivity contribution is -0.384. The van der Waals surface area contributed by atoms with Crippen LogP contribution in [0.1, 0.15) is 28.4 Å². The van der Waals surface area contributed by atoms with Gasteiger partial charge in [0.05, 0.1) is 22.3 Å². The van der Waals surface area contributed by atoms with Crippen LogP contribution >= 0.6 is 11.3 Å². The minimum absolute atomic E-state index is 0.0233. The zero-order valence-corrected chi connectivity index (χ0v) is 18.2. The van der Waals surface area contributed by atoms with Gasteiger partial charge in [0.2, 0.25) is 11.8 Å². The SMILES string of the molecule is Cc1cccc(CC(=O)N[C@@H](Cc2ccc([N+](=O)[O-])cc2)c2coc(-c3cccs3)n2)c1. The molecule has 7 nitrogen and oxygen atoms in total. The fourth-order valence-corrected chi connectivity index (χ4v) is 4.09. The first-order valence-electron chi connectivity index (χ1n) is 10.1. The highest BCUT2D eigenvalue weighted by Crippen LogP contribution is 2.27. The average molecular weight is 448 g/mol. The van der Waals surface area contributed by atoms with Crippen LogP contribution in [0.4, 0.5) is 5.69 Å². The minimum Gasteiger partial charge on any atom is -0.443 e. The van der Waals surface area contributed by atoms with Gasteiger partial charge in [-0.2, -0.15) is 0 Å². The van der Waals surface area contributed by atoms with Gasteiger partial charge in [0.1, 0.15) is 12.0 Å². The van der Waals surface area contributed by atoms with E-state index < -0.39 is 11.0 Å². The van der Waals surface area contributed by atoms with E-state index in [-0.39, 0.29) is 18.0 Å². The van der Waals surface area contributed by atoms with Crippen molar-refractivity contribution >= 4 is 22.9 Å². The van der Waals surface area contributed by atoms with Crippen LogP contribution < -0.4 is 5.32 Å². The van der Waals surface area contributed by atoms with Gasteiger partial charge >= 0.3 is 0 Å². The van der Waals surface area contributed by atoms with Crippen LogP contribution in [0.25, 0.3) is 10.8 Å². The number of carbonyl (C=O) groups excluding carboxylic acids is 1. The molecule has 0 bridgehead atoms. The molecular weight excluding hydrogens is 426 g/mol. The molecule has 2 aromatic heterocycles. The molecule has 8 heteroatoms. The number of non-ortho nitro benzene ring substituents is 1. The molecule has 1 amide bonds. The second kappa shape index (κ2) is 9.57. The number of nitrogens with one attached hydrogen (secondary N) is 1. The van der Waals surface area contributed by atoms with E-state index in [1.165, 1.54) is 23.5 Å². The lowest BCUT2D eigenvalue weighted by Crippen LogP contribution is -2.31. The highest BCUT2D eigenvalue weighted by molar-refractivity contribution is 7.13. The number of oxazole rings is 1. The molecule has 0 fully saturated rings. The Bertz CT molecular complexity index is 1220. The van der Waals surface area contributed by atoms with Crippen LogP contribution in [-0.4, -0.2) is 15.8 Å². The molecule has 4 aromatic rings. The molecule has 32 heavy (non-hydrogen) atoms. The Morgan fingerprint density at radius 2 is 1.97 bits per heavy atom. The summed E-state index contributed by atoms with van der Waals surface area (Å²) in [6.07, 6.45) is 2.22. The molecule has 0 aliphatic rings. The van der Waals surface area contributed by atoms with Crippen molar-refractivity contribution < 1.29 is 14.1 Å². The standard InChI is InChI=1S/C24H21N3O4S/c1-16-4-2-5-18(12-16)14-23(28)25-20(13-17-7-9-19(10-8-17)27(29)30)21-15-31-24(26-21)22-6-3-11-32-22/h2-12,15,20H,13-14H2,1H3,(H,25,28)/t20-/m0/s1. The molecule has 2 heterocycles. The summed E-state index contributed by atoms with van der Waals surface area (Å²) in [5.74, 6) is 0.361. The maximum absolute atomic E-state index is 12.8. The van der Waals surface area contributed by atoms with Gasteiger partial charge in [0, 0.05) is 12.1 Å². The summed E-state index contributed by atoms with van der Waals surface area (Å²) < 4.78 is 5.65. The number of nitro groups is 1. The number of hydrogen-bond acceptors (Lipinski definition) is 6. The molecule has 0 unspecified atom stereocenters. The molecule has 1 N–H and O–H groups in total. The number of carbonyl (C=O) groups is 1. The third-order valence-electron chi connectivity index (χ3n) is 4.98. The minimum atomic E-state index is -0.439. The summed E-state index contributed by atoms with van der Waals surface area (Å²) in [4.78, 5) is 28.8. The van der Waals surface area contributed by atoms with E-state index in [1.807, 2.05) is 48.7 Å². The van der Waals surface area contributed by atoms with Gasteiger partial charge < -0.3 is 9.73 Å². The number of hydrogen-bond donors (Lipinski definition) is 1. The molecule has 0 aliphatic heterocycles. The lowest BCUT2D eigenvalue weighted by Gasteiger charge is -2.17. The number of benzene rings is 2. The van der Waals surface area contributed by atoms with Crippen molar-refractivity contribution in [3.63, 3.8) is 0 Å². The predicted molar refractivity (Wildman–Crippen MR) is 122 cm³/mol. The topological polar surface area (TPSA) is 98.3 Å². The monoisotopic (exact) mass is 447 g/mol. The van der Waals surface area contributed by atoms with Crippen molar-refractivity contribution in [1.82, 2.24) is 10.3 Å². The smallest absolute Gasteiger partial charge is 0.269 e. The van der Waals surface area contributed by atoms with Crippen LogP contribution in [0.15, 0.2) is 76.7 Å². The fraction of sp³-hybridized carbons (Fsp3) is 0.167. The van der Waals surface area contributed by atoms with Crippen LogP contribution in [-0.2, 0) is 17.6 Å². The first kappa shape index (κ1) is 21.5. The predicted octanol–water partition coefficient (Wildman–Crippen LogP) is 5.26. The van der Waals surface area contributed by atoms with Crippen molar-refractivity contribution in [1.29, 1.82) is 0 Å². The highest BCUT2D eigenvalue weighted by Gasteiger charge is 2.21. The Balaban J connectivity index is 1.55. The van der Waals surface area contributed by atoms with Gasteiger partial charge in [-0.15, -0.1) is 11.3 Å². The number of aromatic nitrogens is 1. The third kappa shape index (κ3) is 5.28. The van der Waals surface area contributed by atoms with E-state index in [0.717, 1.165) is 21.6 Å². The van der Waals surface area contributed by atoms with Gasteiger partial charge in [-0.1, -0.05) is 48.0 Å². The number of nitro benzene ring substituents is 1. The van der Waals surface area contributed by atoms with Crippen molar-refractivity contribution in [3.05, 3.63) is 105 Å². The zero-order valence-electron chi connectivity index (χ0n) is 17.4. The maximum Gasteiger partial charge on any atom is 0.269 e. The molecule has 4 rings (SSSR count). The van der Waals surface area contributed by atoms with E-state index in [0.29, 0.717) is 18.0 Å². The van der Waals surface area contributed by atoms with Gasteiger partial charge in [-0.3, -0.25) is 14.9 Å². The van der Waals surface area contributed by atoms with Crippen LogP contribution in [0.5, 0.6) is 0 Å². The number of nitrogens with zero attached hydrogens (tertiary/aromatic N) is 2. The van der Waals surface area contributed by atoms with Crippen molar-refractivity contribution in [2.45, 2.75) is 25.8 Å². The number of rotatable bonds is 8. The molecule has 0 spiro atoms. The van der Waals surface area contributed by atoms with Gasteiger partial charge in [0.15, 0.2) is 0 Å². The summed E-state index contributed by atoms with van der Waals surface area (Å²) in [7, 11) is 0. The number of amides is 1. The highest BCUT2D eigenvalue weighted by atomic mass is 32.1. The van der Waals surface area contributed by atoms with E-state index in [2.05, 4.69) is 10.3 Å². The van der Waals surface area contributed by atoms with E-state index in [4.69, 9.17) is 4.42 Å².